The SMILES string of the molecule is Cc1ccccc1SC1CCCC(N)(C(N)=O)C1. The fraction of sp³-hybridized carbons (Fsp3) is 0.500. The van der Waals surface area contributed by atoms with E-state index >= 15 is 0 Å². The number of primary amides is 1. The van der Waals surface area contributed by atoms with Gasteiger partial charge in [-0.05, 0) is 44.2 Å². The van der Waals surface area contributed by atoms with E-state index in [0.717, 1.165) is 12.8 Å². The number of carbonyl (C=O) groups is 1. The molecule has 1 aliphatic rings. The van der Waals surface area contributed by atoms with Crippen LogP contribution >= 0.6 is 11.8 Å². The fourth-order valence-electron chi connectivity index (χ4n) is 2.45. The van der Waals surface area contributed by atoms with Crippen LogP contribution in [0.15, 0.2) is 29.2 Å². The first kappa shape index (κ1) is 13.4. The summed E-state index contributed by atoms with van der Waals surface area (Å²) in [6, 6.07) is 8.31. The molecule has 18 heavy (non-hydrogen) atoms. The van der Waals surface area contributed by atoms with Gasteiger partial charge in [-0.1, -0.05) is 18.2 Å². The summed E-state index contributed by atoms with van der Waals surface area (Å²) in [5, 5.41) is 0.386. The van der Waals surface area contributed by atoms with Gasteiger partial charge in [-0.15, -0.1) is 11.8 Å². The summed E-state index contributed by atoms with van der Waals surface area (Å²) in [7, 11) is 0. The van der Waals surface area contributed by atoms with E-state index in [1.54, 1.807) is 0 Å². The number of rotatable bonds is 3. The topological polar surface area (TPSA) is 69.1 Å². The van der Waals surface area contributed by atoms with Crippen LogP contribution in [0.2, 0.25) is 0 Å². The number of hydrogen-bond acceptors (Lipinski definition) is 3. The highest BCUT2D eigenvalue weighted by atomic mass is 32.2. The third-order valence-electron chi connectivity index (χ3n) is 3.62. The van der Waals surface area contributed by atoms with Crippen molar-refractivity contribution in [2.24, 2.45) is 11.5 Å². The molecule has 0 aliphatic heterocycles. The molecule has 1 aromatic carbocycles. The molecule has 0 bridgehead atoms. The molecule has 98 valence electrons. The number of aryl methyl sites for hydroxylation is 1. The molecule has 1 fully saturated rings. The molecular formula is C14H20N2OS. The van der Waals surface area contributed by atoms with Crippen LogP contribution in [0.3, 0.4) is 0 Å². The van der Waals surface area contributed by atoms with E-state index in [4.69, 9.17) is 11.5 Å². The maximum absolute atomic E-state index is 11.4. The van der Waals surface area contributed by atoms with Gasteiger partial charge in [0.15, 0.2) is 0 Å². The second-order valence-corrected chi connectivity index (χ2v) is 6.46. The maximum Gasteiger partial charge on any atom is 0.237 e. The van der Waals surface area contributed by atoms with Crippen LogP contribution in [0.25, 0.3) is 0 Å². The molecule has 2 rings (SSSR count). The molecule has 4 heteroatoms. The lowest BCUT2D eigenvalue weighted by atomic mass is 9.82. The molecule has 3 nitrogen and oxygen atoms in total. The zero-order valence-electron chi connectivity index (χ0n) is 10.7. The molecule has 0 saturated heterocycles. The Kier molecular flexibility index (Phi) is 3.97. The van der Waals surface area contributed by atoms with Crippen molar-refractivity contribution in [2.45, 2.75) is 48.3 Å². The summed E-state index contributed by atoms with van der Waals surface area (Å²) in [5.74, 6) is -0.363. The number of thioether (sulfide) groups is 1. The lowest BCUT2D eigenvalue weighted by Crippen LogP contribution is -2.55. The number of nitrogens with two attached hydrogens (primary N) is 2. The zero-order valence-corrected chi connectivity index (χ0v) is 11.5. The predicted octanol–water partition coefficient (Wildman–Crippen LogP) is 2.21. The molecule has 0 aromatic heterocycles. The van der Waals surface area contributed by atoms with Gasteiger partial charge < -0.3 is 11.5 Å². The highest BCUT2D eigenvalue weighted by Crippen LogP contribution is 2.38. The van der Waals surface area contributed by atoms with Gasteiger partial charge in [0.1, 0.15) is 0 Å². The fourth-order valence-corrected chi connectivity index (χ4v) is 3.88. The minimum atomic E-state index is -0.807. The Morgan fingerprint density at radius 2 is 2.17 bits per heavy atom. The van der Waals surface area contributed by atoms with Crippen molar-refractivity contribution in [3.8, 4) is 0 Å². The quantitative estimate of drug-likeness (QED) is 0.879. The van der Waals surface area contributed by atoms with Gasteiger partial charge >= 0.3 is 0 Å². The van der Waals surface area contributed by atoms with E-state index in [0.29, 0.717) is 18.1 Å². The Morgan fingerprint density at radius 3 is 2.83 bits per heavy atom. The van der Waals surface area contributed by atoms with Crippen molar-refractivity contribution in [3.63, 3.8) is 0 Å². The van der Waals surface area contributed by atoms with Crippen LogP contribution in [-0.4, -0.2) is 16.7 Å². The summed E-state index contributed by atoms with van der Waals surface area (Å²) in [6.45, 7) is 2.11. The Balaban J connectivity index is 2.07. The highest BCUT2D eigenvalue weighted by Gasteiger charge is 2.38. The van der Waals surface area contributed by atoms with Gasteiger partial charge in [0.25, 0.3) is 0 Å². The summed E-state index contributed by atoms with van der Waals surface area (Å²) < 4.78 is 0. The Hall–Kier alpha value is -1.00. The Morgan fingerprint density at radius 1 is 1.44 bits per heavy atom. The van der Waals surface area contributed by atoms with Crippen LogP contribution in [0.5, 0.6) is 0 Å². The van der Waals surface area contributed by atoms with Gasteiger partial charge in [-0.3, -0.25) is 4.79 Å². The monoisotopic (exact) mass is 264 g/mol. The molecule has 1 aromatic rings. The van der Waals surface area contributed by atoms with Crippen LogP contribution < -0.4 is 11.5 Å². The molecule has 1 aliphatic carbocycles. The second-order valence-electron chi connectivity index (χ2n) is 5.12. The van der Waals surface area contributed by atoms with Crippen molar-refractivity contribution < 1.29 is 4.79 Å². The molecule has 0 spiro atoms. The number of amides is 1. The predicted molar refractivity (Wildman–Crippen MR) is 75.4 cm³/mol. The van der Waals surface area contributed by atoms with E-state index in [1.807, 2.05) is 23.9 Å². The van der Waals surface area contributed by atoms with Crippen molar-refractivity contribution in [2.75, 3.05) is 0 Å². The molecule has 2 atom stereocenters. The third kappa shape index (κ3) is 2.87. The molecule has 0 heterocycles. The van der Waals surface area contributed by atoms with E-state index in [9.17, 15) is 4.79 Å². The van der Waals surface area contributed by atoms with Crippen LogP contribution in [0.4, 0.5) is 0 Å². The lowest BCUT2D eigenvalue weighted by Gasteiger charge is -2.35. The minimum absolute atomic E-state index is 0.363. The lowest BCUT2D eigenvalue weighted by molar-refractivity contribution is -0.124. The molecular weight excluding hydrogens is 244 g/mol. The third-order valence-corrected chi connectivity index (χ3v) is 5.07. The molecule has 1 amide bonds. The molecule has 2 unspecified atom stereocenters. The minimum Gasteiger partial charge on any atom is -0.368 e. The highest BCUT2D eigenvalue weighted by molar-refractivity contribution is 8.00. The summed E-state index contributed by atoms with van der Waals surface area (Å²) in [6.07, 6.45) is 3.47. The van der Waals surface area contributed by atoms with E-state index in [2.05, 4.69) is 19.1 Å². The molecule has 4 N–H and O–H groups in total. The first-order chi connectivity index (χ1) is 8.51. The normalized spacial score (nSPS) is 28.0. The van der Waals surface area contributed by atoms with Gasteiger partial charge in [0.05, 0.1) is 5.54 Å². The Bertz CT molecular complexity index is 449. The van der Waals surface area contributed by atoms with Crippen LogP contribution in [0, 0.1) is 6.92 Å². The van der Waals surface area contributed by atoms with E-state index in [-0.39, 0.29) is 5.91 Å². The van der Waals surface area contributed by atoms with Crippen LogP contribution in [-0.2, 0) is 4.79 Å². The second kappa shape index (κ2) is 5.33. The van der Waals surface area contributed by atoms with Gasteiger partial charge in [0.2, 0.25) is 5.91 Å². The first-order valence-electron chi connectivity index (χ1n) is 6.32. The van der Waals surface area contributed by atoms with Crippen molar-refractivity contribution in [1.82, 2.24) is 0 Å². The Labute approximate surface area is 112 Å². The smallest absolute Gasteiger partial charge is 0.237 e. The van der Waals surface area contributed by atoms with Gasteiger partial charge in [-0.25, -0.2) is 0 Å². The first-order valence-corrected chi connectivity index (χ1v) is 7.20. The molecule has 0 radical (unpaired) electrons. The number of hydrogen-bond donors (Lipinski definition) is 2. The zero-order chi connectivity index (χ0) is 13.2. The average Bonchev–Trinajstić information content (AvgIpc) is 2.32. The summed E-state index contributed by atoms with van der Waals surface area (Å²) >= 11 is 1.82. The van der Waals surface area contributed by atoms with E-state index in [1.165, 1.54) is 10.5 Å². The average molecular weight is 264 g/mol. The van der Waals surface area contributed by atoms with Gasteiger partial charge in [0, 0.05) is 10.1 Å². The summed E-state index contributed by atoms with van der Waals surface area (Å²) in [5.41, 5.74) is 12.0. The standard InChI is InChI=1S/C14H20N2OS/c1-10-5-2-3-7-12(10)18-11-6-4-8-14(16,9-11)13(15)17/h2-3,5,7,11H,4,6,8-9,16H2,1H3,(H2,15,17). The van der Waals surface area contributed by atoms with Gasteiger partial charge in [-0.2, -0.15) is 0 Å². The van der Waals surface area contributed by atoms with Crippen molar-refractivity contribution in [3.05, 3.63) is 29.8 Å². The maximum atomic E-state index is 11.4. The largest absolute Gasteiger partial charge is 0.368 e. The number of carbonyl (C=O) groups excluding carboxylic acids is 1. The van der Waals surface area contributed by atoms with Crippen molar-refractivity contribution >= 4 is 17.7 Å². The van der Waals surface area contributed by atoms with E-state index < -0.39 is 5.54 Å². The van der Waals surface area contributed by atoms with Crippen LogP contribution in [0.1, 0.15) is 31.2 Å². The summed E-state index contributed by atoms with van der Waals surface area (Å²) in [4.78, 5) is 12.7. The number of benzene rings is 1. The molecule has 1 saturated carbocycles. The van der Waals surface area contributed by atoms with Crippen molar-refractivity contribution in [1.29, 1.82) is 0 Å².